The second kappa shape index (κ2) is 7.19. The molecule has 2 aliphatic heterocycles. The van der Waals surface area contributed by atoms with E-state index < -0.39 is 11.5 Å². The number of carbonyl (C=O) groups excluding carboxylic acids is 2. The number of nitrogens with zero attached hydrogens (tertiary/aromatic N) is 3. The summed E-state index contributed by atoms with van der Waals surface area (Å²) < 4.78 is 0. The van der Waals surface area contributed by atoms with Crippen LogP contribution >= 0.6 is 0 Å². The Morgan fingerprint density at radius 3 is 2.65 bits per heavy atom. The van der Waals surface area contributed by atoms with Crippen molar-refractivity contribution in [3.05, 3.63) is 35.9 Å². The van der Waals surface area contributed by atoms with Gasteiger partial charge in [-0.05, 0) is 31.7 Å². The Balaban J connectivity index is 1.85. The molecular weight excluding hydrogens is 330 g/mol. The molecule has 6 nitrogen and oxygen atoms in total. The van der Waals surface area contributed by atoms with Crippen LogP contribution in [-0.4, -0.2) is 39.7 Å². The van der Waals surface area contributed by atoms with Crippen molar-refractivity contribution in [1.29, 1.82) is 0 Å². The lowest BCUT2D eigenvalue weighted by Crippen LogP contribution is -2.52. The Kier molecular flexibility index (Phi) is 5.14. The quantitative estimate of drug-likeness (QED) is 0.760. The van der Waals surface area contributed by atoms with Crippen molar-refractivity contribution in [3.63, 3.8) is 0 Å². The normalized spacial score (nSPS) is 22.7. The van der Waals surface area contributed by atoms with Gasteiger partial charge in [-0.1, -0.05) is 49.3 Å². The smallest absolute Gasteiger partial charge is 0.256 e. The summed E-state index contributed by atoms with van der Waals surface area (Å²) in [7, 11) is 0. The Morgan fingerprint density at radius 2 is 2.00 bits per heavy atom. The summed E-state index contributed by atoms with van der Waals surface area (Å²) >= 11 is 0. The lowest BCUT2D eigenvalue weighted by atomic mass is 9.95. The van der Waals surface area contributed by atoms with Crippen molar-refractivity contribution >= 4 is 17.5 Å². The van der Waals surface area contributed by atoms with Crippen molar-refractivity contribution in [2.24, 2.45) is 17.0 Å². The van der Waals surface area contributed by atoms with Crippen LogP contribution in [0, 0.1) is 11.8 Å². The average Bonchev–Trinajstić information content (AvgIpc) is 3.10. The van der Waals surface area contributed by atoms with E-state index in [0.717, 1.165) is 11.3 Å². The van der Waals surface area contributed by atoms with E-state index >= 15 is 0 Å². The van der Waals surface area contributed by atoms with E-state index in [4.69, 9.17) is 4.84 Å². The molecule has 0 unspecified atom stereocenters. The largest absolute Gasteiger partial charge is 0.395 e. The third-order valence-electron chi connectivity index (χ3n) is 4.88. The van der Waals surface area contributed by atoms with Crippen molar-refractivity contribution in [2.45, 2.75) is 52.6 Å². The highest BCUT2D eigenvalue weighted by molar-refractivity contribution is 6.10. The number of rotatable bonds is 5. The number of imide groups is 1. The number of hydrogen-bond acceptors (Lipinski definition) is 5. The summed E-state index contributed by atoms with van der Waals surface area (Å²) in [6.45, 7) is 8.87. The maximum atomic E-state index is 13.2. The molecule has 0 spiro atoms. The third-order valence-corrected chi connectivity index (χ3v) is 4.88. The molecule has 6 heteroatoms. The van der Waals surface area contributed by atoms with E-state index in [9.17, 15) is 9.59 Å². The molecule has 1 fully saturated rings. The Labute approximate surface area is 154 Å². The Bertz CT molecular complexity index is 712. The molecule has 0 N–H and O–H groups in total. The second-order valence-corrected chi connectivity index (χ2v) is 8.11. The minimum atomic E-state index is -0.478. The summed E-state index contributed by atoms with van der Waals surface area (Å²) in [6.07, 6.45) is 1.01. The molecule has 3 rings (SSSR count). The zero-order valence-electron chi connectivity index (χ0n) is 15.9. The van der Waals surface area contributed by atoms with Gasteiger partial charge in [0.25, 0.3) is 5.91 Å². The Morgan fingerprint density at radius 1 is 1.31 bits per heavy atom. The van der Waals surface area contributed by atoms with Gasteiger partial charge in [-0.3, -0.25) is 9.59 Å². The molecule has 0 aliphatic carbocycles. The van der Waals surface area contributed by atoms with Crippen LogP contribution in [0.5, 0.6) is 0 Å². The molecule has 2 amide bonds. The van der Waals surface area contributed by atoms with Crippen molar-refractivity contribution in [1.82, 2.24) is 10.0 Å². The molecule has 0 radical (unpaired) electrons. The Hall–Kier alpha value is -2.21. The number of carbonyl (C=O) groups is 2. The van der Waals surface area contributed by atoms with E-state index in [-0.39, 0.29) is 18.4 Å². The molecule has 2 aliphatic rings. The summed E-state index contributed by atoms with van der Waals surface area (Å²) in [6, 6.07) is 9.89. The van der Waals surface area contributed by atoms with Gasteiger partial charge in [0.2, 0.25) is 5.91 Å². The average molecular weight is 357 g/mol. The standard InChI is InChI=1S/C20H27N3O3/c1-14(2)10-17-16(13-26-21-17)19(25)23-18(24)11-20(3,4)22(23)12-15-8-6-5-7-9-15/h5-9,14,16H,10-13H2,1-4H3/t16-/m0/s1. The highest BCUT2D eigenvalue weighted by atomic mass is 16.6. The second-order valence-electron chi connectivity index (χ2n) is 8.11. The first-order valence-corrected chi connectivity index (χ1v) is 9.16. The first-order chi connectivity index (χ1) is 12.3. The SMILES string of the molecule is CC(C)CC1=NOC[C@@H]1C(=O)N1C(=O)CC(C)(C)N1Cc1ccccc1. The van der Waals surface area contributed by atoms with E-state index in [1.807, 2.05) is 49.2 Å². The highest BCUT2D eigenvalue weighted by Gasteiger charge is 2.49. The van der Waals surface area contributed by atoms with Gasteiger partial charge in [0.1, 0.15) is 12.5 Å². The molecule has 140 valence electrons. The van der Waals surface area contributed by atoms with Crippen LogP contribution in [0.2, 0.25) is 0 Å². The topological polar surface area (TPSA) is 62.2 Å². The number of benzene rings is 1. The lowest BCUT2D eigenvalue weighted by Gasteiger charge is -2.36. The summed E-state index contributed by atoms with van der Waals surface area (Å²) in [5, 5.41) is 7.28. The molecule has 1 aromatic carbocycles. The van der Waals surface area contributed by atoms with E-state index in [1.54, 1.807) is 0 Å². The van der Waals surface area contributed by atoms with Crippen molar-refractivity contribution in [3.8, 4) is 0 Å². The van der Waals surface area contributed by atoms with Gasteiger partial charge in [-0.25, -0.2) is 10.0 Å². The van der Waals surface area contributed by atoms with E-state index in [1.165, 1.54) is 5.01 Å². The van der Waals surface area contributed by atoms with Crippen LogP contribution in [0.3, 0.4) is 0 Å². The fourth-order valence-corrected chi connectivity index (χ4v) is 3.54. The predicted molar refractivity (Wildman–Crippen MR) is 98.9 cm³/mol. The van der Waals surface area contributed by atoms with Gasteiger partial charge in [0.05, 0.1) is 5.71 Å². The maximum Gasteiger partial charge on any atom is 0.256 e. The zero-order valence-corrected chi connectivity index (χ0v) is 15.9. The summed E-state index contributed by atoms with van der Waals surface area (Å²) in [5.74, 6) is -0.495. The lowest BCUT2D eigenvalue weighted by molar-refractivity contribution is -0.163. The van der Waals surface area contributed by atoms with Crippen LogP contribution in [0.1, 0.15) is 46.1 Å². The van der Waals surface area contributed by atoms with Gasteiger partial charge >= 0.3 is 0 Å². The summed E-state index contributed by atoms with van der Waals surface area (Å²) in [4.78, 5) is 31.1. The number of hydrazine groups is 1. The van der Waals surface area contributed by atoms with Gasteiger partial charge in [-0.2, -0.15) is 0 Å². The molecule has 26 heavy (non-hydrogen) atoms. The number of hydrogen-bond donors (Lipinski definition) is 0. The number of amides is 2. The van der Waals surface area contributed by atoms with Crippen molar-refractivity contribution in [2.75, 3.05) is 6.61 Å². The molecule has 0 saturated carbocycles. The minimum Gasteiger partial charge on any atom is -0.395 e. The predicted octanol–water partition coefficient (Wildman–Crippen LogP) is 2.99. The number of oxime groups is 1. The van der Waals surface area contributed by atoms with Gasteiger partial charge in [0, 0.05) is 18.5 Å². The highest BCUT2D eigenvalue weighted by Crippen LogP contribution is 2.34. The fourth-order valence-electron chi connectivity index (χ4n) is 3.54. The van der Waals surface area contributed by atoms with Crippen LogP contribution in [0.15, 0.2) is 35.5 Å². The monoisotopic (exact) mass is 357 g/mol. The van der Waals surface area contributed by atoms with Crippen molar-refractivity contribution < 1.29 is 14.4 Å². The molecular formula is C20H27N3O3. The van der Waals surface area contributed by atoms with Gasteiger partial charge < -0.3 is 4.84 Å². The van der Waals surface area contributed by atoms with Crippen LogP contribution in [-0.2, 0) is 21.0 Å². The van der Waals surface area contributed by atoms with E-state index in [0.29, 0.717) is 25.3 Å². The third kappa shape index (κ3) is 3.65. The molecule has 1 atom stereocenters. The molecule has 1 aromatic rings. The minimum absolute atomic E-state index is 0.160. The fraction of sp³-hybridized carbons (Fsp3) is 0.550. The first kappa shape index (κ1) is 18.6. The summed E-state index contributed by atoms with van der Waals surface area (Å²) in [5.41, 5.74) is 1.38. The first-order valence-electron chi connectivity index (χ1n) is 9.16. The molecule has 0 bridgehead atoms. The maximum absolute atomic E-state index is 13.2. The van der Waals surface area contributed by atoms with Crippen LogP contribution < -0.4 is 0 Å². The van der Waals surface area contributed by atoms with Crippen LogP contribution in [0.4, 0.5) is 0 Å². The molecule has 1 saturated heterocycles. The molecule has 0 aromatic heterocycles. The van der Waals surface area contributed by atoms with E-state index in [2.05, 4.69) is 19.0 Å². The van der Waals surface area contributed by atoms with Gasteiger partial charge in [0.15, 0.2) is 0 Å². The zero-order chi connectivity index (χ0) is 18.9. The van der Waals surface area contributed by atoms with Crippen LogP contribution in [0.25, 0.3) is 0 Å². The van der Waals surface area contributed by atoms with Gasteiger partial charge in [-0.15, -0.1) is 0 Å². The molecule has 2 heterocycles.